The molecule has 134 valence electrons. The fourth-order valence-corrected chi connectivity index (χ4v) is 2.47. The molecule has 1 aromatic carbocycles. The summed E-state index contributed by atoms with van der Waals surface area (Å²) in [4.78, 5) is 12.0. The Labute approximate surface area is 146 Å². The van der Waals surface area contributed by atoms with Crippen LogP contribution in [0.1, 0.15) is 36.9 Å². The highest BCUT2D eigenvalue weighted by molar-refractivity contribution is 5.74. The molecule has 6 nitrogen and oxygen atoms in total. The van der Waals surface area contributed by atoms with Crippen molar-refractivity contribution in [2.24, 2.45) is 13.0 Å². The van der Waals surface area contributed by atoms with Crippen molar-refractivity contribution in [1.29, 1.82) is 0 Å². The molecule has 2 N–H and O–H groups in total. The Morgan fingerprint density at radius 3 is 2.92 bits per heavy atom. The van der Waals surface area contributed by atoms with Crippen molar-refractivity contribution in [3.8, 4) is 5.75 Å². The molecule has 25 heavy (non-hydrogen) atoms. The van der Waals surface area contributed by atoms with Crippen LogP contribution in [-0.4, -0.2) is 22.4 Å². The number of nitrogens with zero attached hydrogens (tertiary/aromatic N) is 2. The molecule has 0 spiro atoms. The first kappa shape index (κ1) is 17.3. The van der Waals surface area contributed by atoms with Gasteiger partial charge in [0.2, 0.25) is 0 Å². The summed E-state index contributed by atoms with van der Waals surface area (Å²) in [6.45, 7) is 2.76. The van der Waals surface area contributed by atoms with Gasteiger partial charge < -0.3 is 15.4 Å². The van der Waals surface area contributed by atoms with Crippen LogP contribution in [0.2, 0.25) is 0 Å². The van der Waals surface area contributed by atoms with Crippen molar-refractivity contribution in [3.63, 3.8) is 0 Å². The molecular formula is C18H23FN4O2. The van der Waals surface area contributed by atoms with Crippen LogP contribution < -0.4 is 15.4 Å². The number of aromatic nitrogens is 2. The van der Waals surface area contributed by atoms with Crippen molar-refractivity contribution < 1.29 is 13.9 Å². The molecule has 0 radical (unpaired) electrons. The fourth-order valence-electron chi connectivity index (χ4n) is 2.47. The van der Waals surface area contributed by atoms with Crippen LogP contribution in [0.3, 0.4) is 0 Å². The number of carbonyl (C=O) groups is 1. The summed E-state index contributed by atoms with van der Waals surface area (Å²) in [6, 6.07) is 4.18. The predicted octanol–water partition coefficient (Wildman–Crippen LogP) is 2.91. The van der Waals surface area contributed by atoms with E-state index in [-0.39, 0.29) is 17.8 Å². The van der Waals surface area contributed by atoms with Gasteiger partial charge in [-0.15, -0.1) is 0 Å². The van der Waals surface area contributed by atoms with Crippen LogP contribution in [0.4, 0.5) is 9.18 Å². The van der Waals surface area contributed by atoms with Crippen molar-refractivity contribution in [2.45, 2.75) is 32.4 Å². The summed E-state index contributed by atoms with van der Waals surface area (Å²) in [6.07, 6.45) is 5.85. The second-order valence-corrected chi connectivity index (χ2v) is 6.52. The standard InChI is InChI=1S/C18H23FN4O2/c1-12(22-18(24)20-8-14-9-21-23(2)10-14)15-5-6-17(16(19)7-15)25-11-13-3-4-13/h5-7,9-10,12-13H,3-4,8,11H2,1-2H3,(H2,20,22,24). The largest absolute Gasteiger partial charge is 0.490 e. The zero-order chi connectivity index (χ0) is 17.8. The van der Waals surface area contributed by atoms with Gasteiger partial charge in [0.25, 0.3) is 0 Å². The fraction of sp³-hybridized carbons (Fsp3) is 0.444. The van der Waals surface area contributed by atoms with Gasteiger partial charge in [0, 0.05) is 25.4 Å². The molecule has 1 saturated carbocycles. The summed E-state index contributed by atoms with van der Waals surface area (Å²) < 4.78 is 21.3. The lowest BCUT2D eigenvalue weighted by Gasteiger charge is -2.16. The number of amides is 2. The molecule has 1 fully saturated rings. The maximum Gasteiger partial charge on any atom is 0.315 e. The maximum atomic E-state index is 14.1. The Kier molecular flexibility index (Phi) is 5.21. The Morgan fingerprint density at radius 1 is 1.48 bits per heavy atom. The quantitative estimate of drug-likeness (QED) is 0.810. The highest BCUT2D eigenvalue weighted by Gasteiger charge is 2.22. The number of nitrogens with one attached hydrogen (secondary N) is 2. The molecule has 7 heteroatoms. The molecule has 3 rings (SSSR count). The summed E-state index contributed by atoms with van der Waals surface area (Å²) in [5.41, 5.74) is 1.60. The number of benzene rings is 1. The Morgan fingerprint density at radius 2 is 2.28 bits per heavy atom. The molecule has 0 aliphatic heterocycles. The number of halogens is 1. The van der Waals surface area contributed by atoms with Gasteiger partial charge in [-0.25, -0.2) is 9.18 Å². The third kappa shape index (κ3) is 4.95. The monoisotopic (exact) mass is 346 g/mol. The number of carbonyl (C=O) groups excluding carboxylic acids is 1. The minimum atomic E-state index is -0.400. The number of rotatable bonds is 7. The lowest BCUT2D eigenvalue weighted by Crippen LogP contribution is -2.36. The van der Waals surface area contributed by atoms with Gasteiger partial charge >= 0.3 is 6.03 Å². The van der Waals surface area contributed by atoms with E-state index in [0.717, 1.165) is 18.4 Å². The first-order valence-electron chi connectivity index (χ1n) is 8.45. The average Bonchev–Trinajstić information content (AvgIpc) is 3.32. The van der Waals surface area contributed by atoms with Gasteiger partial charge in [0.05, 0.1) is 18.8 Å². The van der Waals surface area contributed by atoms with E-state index in [2.05, 4.69) is 15.7 Å². The molecule has 2 amide bonds. The molecule has 1 aliphatic carbocycles. The number of urea groups is 1. The Bertz CT molecular complexity index is 742. The van der Waals surface area contributed by atoms with E-state index in [1.54, 1.807) is 23.0 Å². The van der Waals surface area contributed by atoms with E-state index in [4.69, 9.17) is 4.74 Å². The van der Waals surface area contributed by atoms with E-state index in [9.17, 15) is 9.18 Å². The van der Waals surface area contributed by atoms with Crippen LogP contribution in [0, 0.1) is 11.7 Å². The number of hydrogen-bond donors (Lipinski definition) is 2. The van der Waals surface area contributed by atoms with Gasteiger partial charge in [-0.2, -0.15) is 5.10 Å². The van der Waals surface area contributed by atoms with Gasteiger partial charge in [-0.3, -0.25) is 4.68 Å². The SMILES string of the molecule is CC(NC(=O)NCc1cnn(C)c1)c1ccc(OCC2CC2)c(F)c1. The maximum absolute atomic E-state index is 14.1. The molecule has 0 bridgehead atoms. The van der Waals surface area contributed by atoms with E-state index in [1.165, 1.54) is 6.07 Å². The molecular weight excluding hydrogens is 323 g/mol. The number of aryl methyl sites for hydroxylation is 1. The summed E-state index contributed by atoms with van der Waals surface area (Å²) in [5.74, 6) is 0.439. The first-order valence-corrected chi connectivity index (χ1v) is 8.45. The summed E-state index contributed by atoms with van der Waals surface area (Å²) in [5, 5.41) is 9.59. The van der Waals surface area contributed by atoms with Crippen molar-refractivity contribution >= 4 is 6.03 Å². The van der Waals surface area contributed by atoms with Gasteiger partial charge in [0.1, 0.15) is 0 Å². The predicted molar refractivity (Wildman–Crippen MR) is 91.6 cm³/mol. The van der Waals surface area contributed by atoms with Gasteiger partial charge in [-0.05, 0) is 43.4 Å². The molecule has 1 heterocycles. The number of hydrogen-bond acceptors (Lipinski definition) is 3. The molecule has 1 unspecified atom stereocenters. The van der Waals surface area contributed by atoms with E-state index < -0.39 is 5.82 Å². The van der Waals surface area contributed by atoms with Crippen LogP contribution in [-0.2, 0) is 13.6 Å². The summed E-state index contributed by atoms with van der Waals surface area (Å²) in [7, 11) is 1.82. The normalized spacial score (nSPS) is 14.8. The zero-order valence-corrected chi connectivity index (χ0v) is 14.5. The molecule has 1 aliphatic rings. The third-order valence-electron chi connectivity index (χ3n) is 4.19. The Hall–Kier alpha value is -2.57. The average molecular weight is 346 g/mol. The molecule has 1 aromatic heterocycles. The number of ether oxygens (including phenoxy) is 1. The summed E-state index contributed by atoms with van der Waals surface area (Å²) >= 11 is 0. The van der Waals surface area contributed by atoms with E-state index in [0.29, 0.717) is 24.6 Å². The van der Waals surface area contributed by atoms with Crippen molar-refractivity contribution in [3.05, 3.63) is 47.5 Å². The molecule has 0 saturated heterocycles. The van der Waals surface area contributed by atoms with Crippen molar-refractivity contribution in [2.75, 3.05) is 6.61 Å². The van der Waals surface area contributed by atoms with Crippen LogP contribution in [0.5, 0.6) is 5.75 Å². The topological polar surface area (TPSA) is 68.2 Å². The van der Waals surface area contributed by atoms with Crippen LogP contribution in [0.15, 0.2) is 30.6 Å². The van der Waals surface area contributed by atoms with Crippen molar-refractivity contribution in [1.82, 2.24) is 20.4 Å². The minimum absolute atomic E-state index is 0.267. The highest BCUT2D eigenvalue weighted by atomic mass is 19.1. The van der Waals surface area contributed by atoms with Gasteiger partial charge in [0.15, 0.2) is 11.6 Å². The van der Waals surface area contributed by atoms with E-state index >= 15 is 0 Å². The first-order chi connectivity index (χ1) is 12.0. The van der Waals surface area contributed by atoms with Crippen LogP contribution >= 0.6 is 0 Å². The zero-order valence-electron chi connectivity index (χ0n) is 14.5. The second-order valence-electron chi connectivity index (χ2n) is 6.52. The molecule has 2 aromatic rings. The second kappa shape index (κ2) is 7.55. The van der Waals surface area contributed by atoms with Crippen LogP contribution in [0.25, 0.3) is 0 Å². The lowest BCUT2D eigenvalue weighted by molar-refractivity contribution is 0.237. The molecule has 1 atom stereocenters. The third-order valence-corrected chi connectivity index (χ3v) is 4.19. The lowest BCUT2D eigenvalue weighted by atomic mass is 10.1. The highest BCUT2D eigenvalue weighted by Crippen LogP contribution is 2.30. The van der Waals surface area contributed by atoms with Gasteiger partial charge in [-0.1, -0.05) is 6.07 Å². The smallest absolute Gasteiger partial charge is 0.315 e. The van der Waals surface area contributed by atoms with E-state index in [1.807, 2.05) is 20.2 Å². The Balaban J connectivity index is 1.50. The minimum Gasteiger partial charge on any atom is -0.490 e.